The van der Waals surface area contributed by atoms with Gasteiger partial charge in [0.25, 0.3) is 0 Å². The predicted molar refractivity (Wildman–Crippen MR) is 210 cm³/mol. The lowest BCUT2D eigenvalue weighted by molar-refractivity contribution is -0.119. The zero-order valence-electron chi connectivity index (χ0n) is 31.8. The Balaban J connectivity index is 1.24. The molecule has 55 heavy (non-hydrogen) atoms. The summed E-state index contributed by atoms with van der Waals surface area (Å²) in [6.45, 7) is 7.99. The van der Waals surface area contributed by atoms with Crippen LogP contribution in [0.1, 0.15) is 64.5 Å². The van der Waals surface area contributed by atoms with Crippen LogP contribution in [-0.4, -0.2) is 76.0 Å². The number of benzene rings is 2. The topological polar surface area (TPSA) is 135 Å². The summed E-state index contributed by atoms with van der Waals surface area (Å²) in [7, 11) is 2.99. The third-order valence-corrected chi connectivity index (χ3v) is 10.8. The van der Waals surface area contributed by atoms with Gasteiger partial charge in [-0.25, -0.2) is 14.2 Å². The highest BCUT2D eigenvalue weighted by Gasteiger charge is 2.38. The number of pyridine rings is 2. The van der Waals surface area contributed by atoms with Crippen molar-refractivity contribution in [3.05, 3.63) is 81.7 Å². The summed E-state index contributed by atoms with van der Waals surface area (Å²) in [5.74, 6) is 0.138. The molecule has 0 spiro atoms. The summed E-state index contributed by atoms with van der Waals surface area (Å²) < 4.78 is 32.5. The maximum absolute atomic E-state index is 15.6. The lowest BCUT2D eigenvalue weighted by atomic mass is 9.77. The standard InChI is InChI=1S/C41H46Cl2FN5O6/c1-40(2,3)49(39(51)55-22-25-11-13-34(50)47-25)21-23-10-12-32(48-38(23)54-6)29-9-7-8-27(35(29)42)28-14-15-45-37(36(28)43)24-16-31(44)30(33(17-24)53-5)20-46-26-18-41(4,52)19-26/h7-10,12,14-17,25-26,46,52H,11,13,18-22H2,1-6H3,(H,47,50)/t25-,26?,41?/m0/s1. The molecular formula is C41H46Cl2FN5O6. The fourth-order valence-corrected chi connectivity index (χ4v) is 7.65. The maximum Gasteiger partial charge on any atom is 0.410 e. The molecule has 3 heterocycles. The van der Waals surface area contributed by atoms with Crippen LogP contribution in [-0.2, 0) is 22.6 Å². The van der Waals surface area contributed by atoms with Crippen LogP contribution in [0.3, 0.4) is 0 Å². The molecule has 1 aliphatic carbocycles. The lowest BCUT2D eigenvalue weighted by Crippen LogP contribution is -2.51. The van der Waals surface area contributed by atoms with Gasteiger partial charge >= 0.3 is 6.09 Å². The first-order chi connectivity index (χ1) is 26.1. The molecule has 6 rings (SSSR count). The van der Waals surface area contributed by atoms with Crippen molar-refractivity contribution in [3.8, 4) is 45.3 Å². The summed E-state index contributed by atoms with van der Waals surface area (Å²) in [6.07, 6.45) is 3.31. The first-order valence-electron chi connectivity index (χ1n) is 18.1. The molecule has 1 saturated heterocycles. The van der Waals surface area contributed by atoms with Crippen molar-refractivity contribution in [1.82, 2.24) is 25.5 Å². The second-order valence-electron chi connectivity index (χ2n) is 15.3. The summed E-state index contributed by atoms with van der Waals surface area (Å²) >= 11 is 14.1. The van der Waals surface area contributed by atoms with Crippen LogP contribution in [0, 0.1) is 5.82 Å². The normalized spacial score (nSPS) is 19.4. The average Bonchev–Trinajstić information content (AvgIpc) is 3.55. The number of aliphatic hydroxyl groups is 1. The number of hydrogen-bond acceptors (Lipinski definition) is 9. The van der Waals surface area contributed by atoms with Crippen LogP contribution < -0.4 is 20.1 Å². The van der Waals surface area contributed by atoms with E-state index in [0.717, 1.165) is 0 Å². The van der Waals surface area contributed by atoms with Gasteiger partial charge in [-0.3, -0.25) is 14.7 Å². The largest absolute Gasteiger partial charge is 0.496 e. The molecule has 0 radical (unpaired) electrons. The first kappa shape index (κ1) is 40.2. The van der Waals surface area contributed by atoms with E-state index >= 15 is 4.39 Å². The van der Waals surface area contributed by atoms with Crippen LogP contribution in [0.5, 0.6) is 11.6 Å². The molecule has 2 aliphatic rings. The fraction of sp³-hybridized carbons (Fsp3) is 0.415. The Bertz CT molecular complexity index is 2080. The molecule has 0 bridgehead atoms. The fourth-order valence-electron chi connectivity index (χ4n) is 7.00. The van der Waals surface area contributed by atoms with E-state index in [4.69, 9.17) is 42.4 Å². The van der Waals surface area contributed by atoms with Gasteiger partial charge in [0.1, 0.15) is 18.2 Å². The van der Waals surface area contributed by atoms with E-state index in [2.05, 4.69) is 15.6 Å². The highest BCUT2D eigenvalue weighted by molar-refractivity contribution is 6.39. The molecular weight excluding hydrogens is 748 g/mol. The Morgan fingerprint density at radius 3 is 2.45 bits per heavy atom. The summed E-state index contributed by atoms with van der Waals surface area (Å²) in [6, 6.07) is 13.9. The van der Waals surface area contributed by atoms with Crippen LogP contribution in [0.4, 0.5) is 9.18 Å². The Morgan fingerprint density at radius 1 is 1.07 bits per heavy atom. The van der Waals surface area contributed by atoms with E-state index in [1.165, 1.54) is 20.3 Å². The van der Waals surface area contributed by atoms with Gasteiger partial charge in [-0.2, -0.15) is 0 Å². The number of amides is 2. The van der Waals surface area contributed by atoms with Gasteiger partial charge in [0.05, 0.1) is 53.8 Å². The van der Waals surface area contributed by atoms with Gasteiger partial charge in [-0.15, -0.1) is 0 Å². The molecule has 2 aromatic heterocycles. The number of aromatic nitrogens is 2. The number of rotatable bonds is 12. The van der Waals surface area contributed by atoms with Gasteiger partial charge in [-0.05, 0) is 77.3 Å². The SMILES string of the molecule is COc1cc(-c2nccc(-c3cccc(-c4ccc(CN(C(=O)OC[C@@H]5CCC(=O)N5)C(C)(C)C)c(OC)n4)c3Cl)c2Cl)cc(F)c1CNC1CC(C)(O)C1. The van der Waals surface area contributed by atoms with Crippen LogP contribution in [0.25, 0.3) is 33.6 Å². The van der Waals surface area contributed by atoms with E-state index in [9.17, 15) is 14.7 Å². The number of halogens is 3. The Labute approximate surface area is 330 Å². The zero-order valence-corrected chi connectivity index (χ0v) is 33.3. The Morgan fingerprint density at radius 2 is 1.80 bits per heavy atom. The minimum Gasteiger partial charge on any atom is -0.496 e. The molecule has 292 valence electrons. The summed E-state index contributed by atoms with van der Waals surface area (Å²) in [5.41, 5.74) is 2.86. The molecule has 0 unspecified atom stereocenters. The van der Waals surface area contributed by atoms with Crippen molar-refractivity contribution < 1.29 is 33.3 Å². The van der Waals surface area contributed by atoms with E-state index in [-0.39, 0.29) is 42.7 Å². The van der Waals surface area contributed by atoms with Gasteiger partial charge in [-0.1, -0.05) is 41.4 Å². The third-order valence-electron chi connectivity index (χ3n) is 10.0. The van der Waals surface area contributed by atoms with Gasteiger partial charge < -0.3 is 30.0 Å². The van der Waals surface area contributed by atoms with Crippen LogP contribution in [0.2, 0.25) is 10.0 Å². The highest BCUT2D eigenvalue weighted by Crippen LogP contribution is 2.43. The van der Waals surface area contributed by atoms with Crippen LogP contribution in [0.15, 0.2) is 54.7 Å². The number of carbonyl (C=O) groups excluding carboxylic acids is 2. The minimum absolute atomic E-state index is 0.0476. The molecule has 2 aromatic carbocycles. The average molecular weight is 795 g/mol. The van der Waals surface area contributed by atoms with Crippen molar-refractivity contribution in [2.75, 3.05) is 20.8 Å². The van der Waals surface area contributed by atoms with E-state index in [1.807, 2.05) is 51.1 Å². The molecule has 3 N–H and O–H groups in total. The molecule has 4 aromatic rings. The smallest absolute Gasteiger partial charge is 0.410 e. The van der Waals surface area contributed by atoms with Gasteiger partial charge in [0.15, 0.2) is 0 Å². The molecule has 11 nitrogen and oxygen atoms in total. The van der Waals surface area contributed by atoms with Gasteiger partial charge in [0.2, 0.25) is 11.8 Å². The number of nitrogens with one attached hydrogen (secondary N) is 2. The predicted octanol–water partition coefficient (Wildman–Crippen LogP) is 7.96. The highest BCUT2D eigenvalue weighted by atomic mass is 35.5. The minimum atomic E-state index is -0.695. The first-order valence-corrected chi connectivity index (χ1v) is 18.9. The number of nitrogens with zero attached hydrogens (tertiary/aromatic N) is 3. The lowest BCUT2D eigenvalue weighted by Gasteiger charge is -2.41. The zero-order chi connectivity index (χ0) is 39.7. The van der Waals surface area contributed by atoms with Crippen molar-refractivity contribution in [3.63, 3.8) is 0 Å². The van der Waals surface area contributed by atoms with Crippen molar-refractivity contribution in [2.24, 2.45) is 0 Å². The van der Waals surface area contributed by atoms with E-state index in [0.29, 0.717) is 87.1 Å². The van der Waals surface area contributed by atoms with Crippen molar-refractivity contribution >= 4 is 35.2 Å². The molecule has 2 fully saturated rings. The van der Waals surface area contributed by atoms with Crippen LogP contribution >= 0.6 is 23.2 Å². The molecule has 1 atom stereocenters. The quantitative estimate of drug-likeness (QED) is 0.131. The second-order valence-corrected chi connectivity index (χ2v) is 16.1. The number of hydrogen-bond donors (Lipinski definition) is 3. The maximum atomic E-state index is 15.6. The van der Waals surface area contributed by atoms with Crippen molar-refractivity contribution in [1.29, 1.82) is 0 Å². The summed E-state index contributed by atoms with van der Waals surface area (Å²) in [5, 5.41) is 16.8. The van der Waals surface area contributed by atoms with Gasteiger partial charge in [0, 0.05) is 64.1 Å². The second kappa shape index (κ2) is 16.3. The van der Waals surface area contributed by atoms with E-state index in [1.54, 1.807) is 30.2 Å². The third kappa shape index (κ3) is 8.99. The molecule has 1 saturated carbocycles. The molecule has 1 aliphatic heterocycles. The number of ether oxygens (including phenoxy) is 3. The van der Waals surface area contributed by atoms with E-state index < -0.39 is 23.1 Å². The molecule has 14 heteroatoms. The summed E-state index contributed by atoms with van der Waals surface area (Å²) in [4.78, 5) is 35.8. The number of methoxy groups -OCH3 is 2. The monoisotopic (exact) mass is 793 g/mol. The van der Waals surface area contributed by atoms with Crippen molar-refractivity contribution in [2.45, 2.75) is 89.7 Å². The molecule has 2 amide bonds. The Kier molecular flexibility index (Phi) is 11.9. The Hall–Kier alpha value is -4.49. The number of carbonyl (C=O) groups is 2.